The minimum absolute atomic E-state index is 0.444. The average Bonchev–Trinajstić information content (AvgIpc) is 2.38. The molecule has 2 rings (SSSR count). The summed E-state index contributed by atoms with van der Waals surface area (Å²) in [6.45, 7) is 0.444. The van der Waals surface area contributed by atoms with Crippen LogP contribution in [0.15, 0.2) is 18.2 Å². The van der Waals surface area contributed by atoms with Gasteiger partial charge in [0, 0.05) is 20.6 Å². The van der Waals surface area contributed by atoms with Gasteiger partial charge in [-0.15, -0.1) is 0 Å². The smallest absolute Gasteiger partial charge is 0.202 e. The average molecular weight is 282 g/mol. The van der Waals surface area contributed by atoms with Crippen molar-refractivity contribution in [1.29, 1.82) is 0 Å². The summed E-state index contributed by atoms with van der Waals surface area (Å²) in [6.07, 6.45) is 5.63. The minimum Gasteiger partial charge on any atom is -0.202 e. The van der Waals surface area contributed by atoms with Crippen molar-refractivity contribution in [2.45, 2.75) is 32.1 Å². The number of fused-ring (bicyclic) bond motifs is 1. The maximum Gasteiger partial charge on any atom is 0.278 e. The van der Waals surface area contributed by atoms with Gasteiger partial charge in [0.25, 0.3) is 10.2 Å². The van der Waals surface area contributed by atoms with Gasteiger partial charge >= 0.3 is 0 Å². The molecule has 1 N–H and O–H groups in total. The molecule has 0 radical (unpaired) electrons. The number of nitrogens with one attached hydrogen (secondary N) is 1. The van der Waals surface area contributed by atoms with Gasteiger partial charge in [0.05, 0.1) is 0 Å². The molecule has 5 heteroatoms. The molecule has 0 saturated heterocycles. The highest BCUT2D eigenvalue weighted by Gasteiger charge is 2.12. The molecule has 0 atom stereocenters. The fraction of sp³-hybridized carbons (Fsp3) is 0.571. The van der Waals surface area contributed by atoms with E-state index in [0.29, 0.717) is 6.54 Å². The molecule has 4 nitrogen and oxygen atoms in total. The highest BCUT2D eigenvalue weighted by atomic mass is 32.2. The molecular weight excluding hydrogens is 260 g/mol. The summed E-state index contributed by atoms with van der Waals surface area (Å²) in [5.74, 6) is 0. The van der Waals surface area contributed by atoms with Gasteiger partial charge in [0.1, 0.15) is 0 Å². The Morgan fingerprint density at radius 1 is 1.16 bits per heavy atom. The predicted molar refractivity (Wildman–Crippen MR) is 77.4 cm³/mol. The second kappa shape index (κ2) is 6.03. The second-order valence-corrected chi connectivity index (χ2v) is 7.21. The molecule has 1 aromatic carbocycles. The zero-order chi connectivity index (χ0) is 13.9. The SMILES string of the molecule is CN(C)S(=O)(=O)NCCc1ccc2c(c1)CCCC2. The van der Waals surface area contributed by atoms with Crippen molar-refractivity contribution in [2.24, 2.45) is 0 Å². The third-order valence-corrected chi connectivity index (χ3v) is 5.12. The maximum atomic E-state index is 11.6. The van der Waals surface area contributed by atoms with E-state index >= 15 is 0 Å². The van der Waals surface area contributed by atoms with E-state index in [-0.39, 0.29) is 0 Å². The summed E-state index contributed by atoms with van der Waals surface area (Å²) >= 11 is 0. The number of aryl methyl sites for hydroxylation is 2. The first-order valence-corrected chi connectivity index (χ1v) is 8.21. The van der Waals surface area contributed by atoms with Crippen LogP contribution in [0.1, 0.15) is 29.5 Å². The van der Waals surface area contributed by atoms with Crippen molar-refractivity contribution in [3.8, 4) is 0 Å². The molecule has 0 aliphatic heterocycles. The molecule has 19 heavy (non-hydrogen) atoms. The molecule has 0 spiro atoms. The van der Waals surface area contributed by atoms with Crippen LogP contribution in [0, 0.1) is 0 Å². The molecule has 0 amide bonds. The van der Waals surface area contributed by atoms with Crippen molar-refractivity contribution in [3.05, 3.63) is 34.9 Å². The number of hydrogen-bond acceptors (Lipinski definition) is 2. The van der Waals surface area contributed by atoms with E-state index in [9.17, 15) is 8.42 Å². The summed E-state index contributed by atoms with van der Waals surface area (Å²) in [5.41, 5.74) is 4.12. The van der Waals surface area contributed by atoms with Crippen molar-refractivity contribution < 1.29 is 8.42 Å². The Kier molecular flexibility index (Phi) is 4.60. The Morgan fingerprint density at radius 2 is 1.84 bits per heavy atom. The Balaban J connectivity index is 1.94. The number of rotatable bonds is 5. The largest absolute Gasteiger partial charge is 0.278 e. The Labute approximate surface area is 116 Å². The fourth-order valence-electron chi connectivity index (χ4n) is 2.40. The van der Waals surface area contributed by atoms with Crippen LogP contribution in [0.2, 0.25) is 0 Å². The molecule has 0 saturated carbocycles. The topological polar surface area (TPSA) is 49.4 Å². The van der Waals surface area contributed by atoms with E-state index < -0.39 is 10.2 Å². The van der Waals surface area contributed by atoms with E-state index in [1.807, 2.05) is 0 Å². The third kappa shape index (κ3) is 3.78. The molecule has 0 aromatic heterocycles. The number of nitrogens with zero attached hydrogens (tertiary/aromatic N) is 1. The van der Waals surface area contributed by atoms with Gasteiger partial charge in [-0.05, 0) is 48.8 Å². The Bertz CT molecular complexity index is 538. The van der Waals surface area contributed by atoms with Crippen LogP contribution in [0.4, 0.5) is 0 Å². The van der Waals surface area contributed by atoms with Crippen LogP contribution in [-0.2, 0) is 29.5 Å². The van der Waals surface area contributed by atoms with E-state index in [1.165, 1.54) is 54.4 Å². The molecular formula is C14H22N2O2S. The summed E-state index contributed by atoms with van der Waals surface area (Å²) < 4.78 is 26.9. The molecule has 106 valence electrons. The van der Waals surface area contributed by atoms with Gasteiger partial charge in [-0.1, -0.05) is 18.2 Å². The lowest BCUT2D eigenvalue weighted by Gasteiger charge is -2.17. The first-order valence-electron chi connectivity index (χ1n) is 6.77. The zero-order valence-corrected chi connectivity index (χ0v) is 12.5. The minimum atomic E-state index is -3.30. The van der Waals surface area contributed by atoms with Crippen molar-refractivity contribution in [2.75, 3.05) is 20.6 Å². The normalized spacial score (nSPS) is 15.5. The van der Waals surface area contributed by atoms with Gasteiger partial charge in [-0.3, -0.25) is 0 Å². The van der Waals surface area contributed by atoms with E-state index in [0.717, 1.165) is 12.8 Å². The van der Waals surface area contributed by atoms with E-state index in [2.05, 4.69) is 22.9 Å². The molecule has 0 fully saturated rings. The van der Waals surface area contributed by atoms with Gasteiger partial charge in [0.2, 0.25) is 0 Å². The van der Waals surface area contributed by atoms with Crippen molar-refractivity contribution in [1.82, 2.24) is 9.03 Å². The maximum absolute atomic E-state index is 11.6. The summed E-state index contributed by atoms with van der Waals surface area (Å²) in [6, 6.07) is 6.55. The van der Waals surface area contributed by atoms with Gasteiger partial charge in [-0.2, -0.15) is 12.7 Å². The standard InChI is InChI=1S/C14H22N2O2S/c1-16(2)19(17,18)15-10-9-12-7-8-13-5-3-4-6-14(13)11-12/h7-8,11,15H,3-6,9-10H2,1-2H3. The Morgan fingerprint density at radius 3 is 2.53 bits per heavy atom. The third-order valence-electron chi connectivity index (χ3n) is 3.59. The summed E-state index contributed by atoms with van der Waals surface area (Å²) in [5, 5.41) is 0. The quantitative estimate of drug-likeness (QED) is 0.890. The van der Waals surface area contributed by atoms with Crippen LogP contribution >= 0.6 is 0 Å². The van der Waals surface area contributed by atoms with Crippen LogP contribution in [0.5, 0.6) is 0 Å². The lowest BCUT2D eigenvalue weighted by atomic mass is 9.90. The lowest BCUT2D eigenvalue weighted by molar-refractivity contribution is 0.506. The van der Waals surface area contributed by atoms with E-state index in [4.69, 9.17) is 0 Å². The molecule has 1 aliphatic carbocycles. The second-order valence-electron chi connectivity index (χ2n) is 5.24. The highest BCUT2D eigenvalue weighted by molar-refractivity contribution is 7.87. The van der Waals surface area contributed by atoms with Crippen molar-refractivity contribution >= 4 is 10.2 Å². The fourth-order valence-corrected chi connectivity index (χ4v) is 3.01. The molecule has 0 bridgehead atoms. The van der Waals surface area contributed by atoms with Gasteiger partial charge in [-0.25, -0.2) is 4.72 Å². The monoisotopic (exact) mass is 282 g/mol. The first kappa shape index (κ1) is 14.5. The van der Waals surface area contributed by atoms with Crippen LogP contribution < -0.4 is 4.72 Å². The molecule has 0 unspecified atom stereocenters. The molecule has 1 aromatic rings. The number of hydrogen-bond donors (Lipinski definition) is 1. The Hall–Kier alpha value is -0.910. The highest BCUT2D eigenvalue weighted by Crippen LogP contribution is 2.22. The van der Waals surface area contributed by atoms with Gasteiger partial charge < -0.3 is 0 Å². The molecule has 0 heterocycles. The number of benzene rings is 1. The van der Waals surface area contributed by atoms with Gasteiger partial charge in [0.15, 0.2) is 0 Å². The first-order chi connectivity index (χ1) is 8.99. The predicted octanol–water partition coefficient (Wildman–Crippen LogP) is 1.50. The van der Waals surface area contributed by atoms with Crippen LogP contribution in [0.3, 0.4) is 0 Å². The molecule has 1 aliphatic rings. The van der Waals surface area contributed by atoms with Crippen LogP contribution in [-0.4, -0.2) is 33.4 Å². The van der Waals surface area contributed by atoms with Crippen LogP contribution in [0.25, 0.3) is 0 Å². The lowest BCUT2D eigenvalue weighted by Crippen LogP contribution is -2.36. The summed E-state index contributed by atoms with van der Waals surface area (Å²) in [7, 11) is -0.244. The zero-order valence-electron chi connectivity index (χ0n) is 11.6. The van der Waals surface area contributed by atoms with E-state index in [1.54, 1.807) is 0 Å². The summed E-state index contributed by atoms with van der Waals surface area (Å²) in [4.78, 5) is 0. The van der Waals surface area contributed by atoms with Crippen molar-refractivity contribution in [3.63, 3.8) is 0 Å².